The molecule has 0 fully saturated rings. The second-order valence-corrected chi connectivity index (χ2v) is 7.16. The zero-order valence-electron chi connectivity index (χ0n) is 14.3. The number of aryl methyl sites for hydroxylation is 1. The van der Waals surface area contributed by atoms with Crippen molar-refractivity contribution in [1.82, 2.24) is 10.2 Å². The Kier molecular flexibility index (Phi) is 4.08. The first-order chi connectivity index (χ1) is 13.4. The number of carboxylic acid groups (broad SMARTS) is 1. The van der Waals surface area contributed by atoms with E-state index in [1.54, 1.807) is 6.92 Å². The van der Waals surface area contributed by atoms with Crippen LogP contribution in [0.25, 0.3) is 0 Å². The molecule has 138 valence electrons. The summed E-state index contributed by atoms with van der Waals surface area (Å²) < 4.78 is 0. The Morgan fingerprint density at radius 1 is 0.893 bits per heavy atom. The molecular weight excluding hydrogens is 382 g/mol. The Balaban J connectivity index is 1.68. The number of amides is 2. The van der Waals surface area contributed by atoms with Crippen LogP contribution in [0.1, 0.15) is 52.0 Å². The molecule has 0 spiro atoms. The Hall–Kier alpha value is -3.72. The van der Waals surface area contributed by atoms with E-state index in [1.807, 2.05) is 0 Å². The molecule has 0 N–H and O–H groups in total. The van der Waals surface area contributed by atoms with Crippen molar-refractivity contribution in [3.8, 4) is 0 Å². The number of benzene rings is 2. The minimum Gasteiger partial charge on any atom is -0.545 e. The van der Waals surface area contributed by atoms with Gasteiger partial charge in [-0.15, -0.1) is 10.2 Å². The zero-order chi connectivity index (χ0) is 20.0. The van der Waals surface area contributed by atoms with Crippen molar-refractivity contribution in [2.45, 2.75) is 6.92 Å². The first-order valence-corrected chi connectivity index (χ1v) is 8.87. The molecule has 0 bridgehead atoms. The molecule has 0 unspecified atom stereocenters. The summed E-state index contributed by atoms with van der Waals surface area (Å²) in [4.78, 5) is 49.7. The Bertz CT molecular complexity index is 1170. The third-order valence-electron chi connectivity index (χ3n) is 4.24. The number of carbonyl (C=O) groups excluding carboxylic acids is 4. The van der Waals surface area contributed by atoms with Gasteiger partial charge in [0.25, 0.3) is 11.8 Å². The van der Waals surface area contributed by atoms with Gasteiger partial charge in [0.15, 0.2) is 5.78 Å². The van der Waals surface area contributed by atoms with Crippen LogP contribution >= 0.6 is 11.3 Å². The zero-order valence-corrected chi connectivity index (χ0v) is 15.1. The molecule has 0 radical (unpaired) electrons. The van der Waals surface area contributed by atoms with E-state index in [1.165, 1.54) is 42.5 Å². The van der Waals surface area contributed by atoms with E-state index < -0.39 is 23.6 Å². The molecule has 9 heteroatoms. The average Bonchev–Trinajstić information content (AvgIpc) is 3.22. The predicted octanol–water partition coefficient (Wildman–Crippen LogP) is 1.24. The summed E-state index contributed by atoms with van der Waals surface area (Å²) in [5, 5.41) is 19.3. The van der Waals surface area contributed by atoms with Gasteiger partial charge in [-0.3, -0.25) is 14.4 Å². The van der Waals surface area contributed by atoms with Crippen LogP contribution in [0.2, 0.25) is 0 Å². The molecule has 1 aliphatic heterocycles. The van der Waals surface area contributed by atoms with Crippen LogP contribution in [0.15, 0.2) is 42.5 Å². The summed E-state index contributed by atoms with van der Waals surface area (Å²) in [5.41, 5.74) is 0.695. The molecule has 0 saturated heterocycles. The Morgan fingerprint density at radius 2 is 1.50 bits per heavy atom. The number of rotatable bonds is 4. The van der Waals surface area contributed by atoms with Crippen LogP contribution in [0.3, 0.4) is 0 Å². The highest BCUT2D eigenvalue weighted by Crippen LogP contribution is 2.31. The number of carboxylic acids is 1. The lowest BCUT2D eigenvalue weighted by atomic mass is 9.98. The maximum absolute atomic E-state index is 12.7. The largest absolute Gasteiger partial charge is 0.545 e. The van der Waals surface area contributed by atoms with E-state index in [4.69, 9.17) is 0 Å². The summed E-state index contributed by atoms with van der Waals surface area (Å²) in [6, 6.07) is 9.50. The maximum Gasteiger partial charge on any atom is 0.268 e. The van der Waals surface area contributed by atoms with Crippen molar-refractivity contribution in [2.24, 2.45) is 0 Å². The Morgan fingerprint density at radius 3 is 2.11 bits per heavy atom. The number of fused-ring (bicyclic) bond motifs is 1. The fraction of sp³-hybridized carbons (Fsp3) is 0.0526. The second-order valence-electron chi connectivity index (χ2n) is 6.00. The second kappa shape index (κ2) is 6.46. The summed E-state index contributed by atoms with van der Waals surface area (Å²) in [5.74, 6) is -2.84. The summed E-state index contributed by atoms with van der Waals surface area (Å²) >= 11 is 1.12. The number of hydrogen-bond acceptors (Lipinski definition) is 8. The lowest BCUT2D eigenvalue weighted by Crippen LogP contribution is -2.29. The van der Waals surface area contributed by atoms with Gasteiger partial charge in [-0.2, -0.15) is 0 Å². The normalized spacial score (nSPS) is 13.0. The number of anilines is 1. The van der Waals surface area contributed by atoms with Crippen molar-refractivity contribution >= 4 is 40.0 Å². The molecule has 3 aromatic rings. The van der Waals surface area contributed by atoms with Crippen LogP contribution in [-0.2, 0) is 0 Å². The quantitative estimate of drug-likeness (QED) is 0.484. The number of carbonyl (C=O) groups is 4. The molecule has 8 nitrogen and oxygen atoms in total. The van der Waals surface area contributed by atoms with E-state index in [2.05, 4.69) is 10.2 Å². The monoisotopic (exact) mass is 392 g/mol. The van der Waals surface area contributed by atoms with Crippen LogP contribution in [0.5, 0.6) is 0 Å². The van der Waals surface area contributed by atoms with E-state index in [0.29, 0.717) is 5.01 Å². The molecule has 1 aliphatic rings. The number of hydrogen-bond donors (Lipinski definition) is 0. The lowest BCUT2D eigenvalue weighted by Gasteiger charge is -2.07. The molecule has 2 aromatic carbocycles. The fourth-order valence-electron chi connectivity index (χ4n) is 2.86. The van der Waals surface area contributed by atoms with Crippen molar-refractivity contribution in [1.29, 1.82) is 0 Å². The molecule has 0 atom stereocenters. The molecule has 2 amide bonds. The molecule has 2 heterocycles. The average molecular weight is 392 g/mol. The minimum absolute atomic E-state index is 0.0470. The van der Waals surface area contributed by atoms with Gasteiger partial charge in [-0.1, -0.05) is 41.7 Å². The minimum atomic E-state index is -1.34. The summed E-state index contributed by atoms with van der Waals surface area (Å²) in [6.45, 7) is 1.71. The highest BCUT2D eigenvalue weighted by molar-refractivity contribution is 7.15. The van der Waals surface area contributed by atoms with E-state index >= 15 is 0 Å². The smallest absolute Gasteiger partial charge is 0.268 e. The van der Waals surface area contributed by atoms with Crippen LogP contribution in [0, 0.1) is 6.92 Å². The SMILES string of the molecule is Cc1nnc(N2C(=O)c3ccc(C(=O)c4ccc(C(=O)[O-])cc4)cc3C2=O)s1. The van der Waals surface area contributed by atoms with Crippen molar-refractivity contribution < 1.29 is 24.3 Å². The van der Waals surface area contributed by atoms with Gasteiger partial charge >= 0.3 is 0 Å². The van der Waals surface area contributed by atoms with Gasteiger partial charge in [-0.05, 0) is 24.6 Å². The van der Waals surface area contributed by atoms with Gasteiger partial charge < -0.3 is 9.90 Å². The van der Waals surface area contributed by atoms with Crippen LogP contribution in [0.4, 0.5) is 5.13 Å². The molecular formula is C19H10N3O5S-. The molecule has 4 rings (SSSR count). The van der Waals surface area contributed by atoms with Crippen molar-refractivity contribution in [3.05, 3.63) is 75.3 Å². The third kappa shape index (κ3) is 2.78. The number of aromatic carboxylic acids is 1. The Labute approximate surface area is 162 Å². The van der Waals surface area contributed by atoms with E-state index in [-0.39, 0.29) is 32.9 Å². The third-order valence-corrected chi connectivity index (χ3v) is 5.06. The van der Waals surface area contributed by atoms with Gasteiger partial charge in [-0.25, -0.2) is 4.90 Å². The summed E-state index contributed by atoms with van der Waals surface area (Å²) in [6.07, 6.45) is 0. The van der Waals surface area contributed by atoms with Gasteiger partial charge in [0.05, 0.1) is 17.1 Å². The number of aromatic nitrogens is 2. The number of ketones is 1. The molecule has 0 saturated carbocycles. The number of nitrogens with zero attached hydrogens (tertiary/aromatic N) is 3. The summed E-state index contributed by atoms with van der Waals surface area (Å²) in [7, 11) is 0. The fourth-order valence-corrected chi connectivity index (χ4v) is 3.54. The van der Waals surface area contributed by atoms with Crippen molar-refractivity contribution in [2.75, 3.05) is 4.90 Å². The predicted molar refractivity (Wildman–Crippen MR) is 96.4 cm³/mol. The van der Waals surface area contributed by atoms with Crippen molar-refractivity contribution in [3.63, 3.8) is 0 Å². The van der Waals surface area contributed by atoms with Gasteiger partial charge in [0.2, 0.25) is 5.13 Å². The number of imide groups is 1. The maximum atomic E-state index is 12.7. The van der Waals surface area contributed by atoms with E-state index in [0.717, 1.165) is 16.2 Å². The highest BCUT2D eigenvalue weighted by atomic mass is 32.1. The van der Waals surface area contributed by atoms with Crippen LogP contribution < -0.4 is 10.0 Å². The molecule has 1 aromatic heterocycles. The topological polar surface area (TPSA) is 120 Å². The lowest BCUT2D eigenvalue weighted by molar-refractivity contribution is -0.255. The van der Waals surface area contributed by atoms with Gasteiger partial charge in [0.1, 0.15) is 5.01 Å². The first kappa shape index (κ1) is 17.7. The van der Waals surface area contributed by atoms with Crippen LogP contribution in [-0.4, -0.2) is 33.8 Å². The highest BCUT2D eigenvalue weighted by Gasteiger charge is 2.39. The standard InChI is InChI=1S/C19H11N3O5S/c1-9-20-21-19(28-9)22-16(24)13-7-6-12(8-14(13)17(22)25)15(23)10-2-4-11(5-3-10)18(26)27/h2-8H,1H3,(H,26,27)/p-1. The first-order valence-electron chi connectivity index (χ1n) is 8.06. The van der Waals surface area contributed by atoms with Gasteiger partial charge in [0, 0.05) is 11.1 Å². The molecule has 0 aliphatic carbocycles. The van der Waals surface area contributed by atoms with E-state index in [9.17, 15) is 24.3 Å². The molecule has 28 heavy (non-hydrogen) atoms.